The molecule has 0 aliphatic carbocycles. The Morgan fingerprint density at radius 3 is 2.28 bits per heavy atom. The van der Waals surface area contributed by atoms with Crippen molar-refractivity contribution in [1.82, 2.24) is 20.0 Å². The van der Waals surface area contributed by atoms with Gasteiger partial charge in [-0.2, -0.15) is 0 Å². The van der Waals surface area contributed by atoms with E-state index in [2.05, 4.69) is 53.2 Å². The van der Waals surface area contributed by atoms with E-state index in [4.69, 9.17) is 9.73 Å². The van der Waals surface area contributed by atoms with Crippen LogP contribution in [0.15, 0.2) is 29.3 Å². The topological polar surface area (TPSA) is 60.4 Å². The number of aliphatic imine (C=N–C) groups is 1. The molecule has 3 rings (SSSR count). The summed E-state index contributed by atoms with van der Waals surface area (Å²) in [6.07, 6.45) is 0. The fourth-order valence-corrected chi connectivity index (χ4v) is 3.94. The second-order valence-electron chi connectivity index (χ2n) is 7.76. The minimum Gasteiger partial charge on any atom is -0.379 e. The molecular weight excluding hydrogens is 366 g/mol. The average molecular weight is 402 g/mol. The predicted octanol–water partition coefficient (Wildman–Crippen LogP) is 1.50. The minimum atomic E-state index is 0.151. The number of carbonyl (C=O) groups is 1. The van der Waals surface area contributed by atoms with E-state index in [-0.39, 0.29) is 11.9 Å². The third kappa shape index (κ3) is 5.93. The van der Waals surface area contributed by atoms with Crippen molar-refractivity contribution in [3.8, 4) is 0 Å². The van der Waals surface area contributed by atoms with E-state index in [9.17, 15) is 4.79 Å². The highest BCUT2D eigenvalue weighted by atomic mass is 16.5. The largest absolute Gasteiger partial charge is 0.379 e. The maximum Gasteiger partial charge on any atom is 0.219 e. The molecule has 0 bridgehead atoms. The van der Waals surface area contributed by atoms with Gasteiger partial charge in [0.25, 0.3) is 0 Å². The Balaban J connectivity index is 1.74. The molecular formula is C22H35N5O2. The lowest BCUT2D eigenvalue weighted by atomic mass is 10.0. The van der Waals surface area contributed by atoms with Crippen molar-refractivity contribution in [2.24, 2.45) is 4.99 Å². The summed E-state index contributed by atoms with van der Waals surface area (Å²) in [7, 11) is 0. The number of rotatable bonds is 5. The first kappa shape index (κ1) is 21.6. The fraction of sp³-hybridized carbons (Fsp3) is 0.636. The zero-order valence-electron chi connectivity index (χ0n) is 18.1. The van der Waals surface area contributed by atoms with Gasteiger partial charge >= 0.3 is 0 Å². The minimum absolute atomic E-state index is 0.151. The molecule has 1 amide bonds. The van der Waals surface area contributed by atoms with Crippen LogP contribution in [0.4, 0.5) is 0 Å². The van der Waals surface area contributed by atoms with Gasteiger partial charge in [-0.3, -0.25) is 14.7 Å². The normalized spacial score (nSPS) is 19.9. The molecule has 1 N–H and O–H groups in total. The van der Waals surface area contributed by atoms with Crippen LogP contribution in [0.3, 0.4) is 0 Å². The van der Waals surface area contributed by atoms with Gasteiger partial charge in [-0.25, -0.2) is 0 Å². The van der Waals surface area contributed by atoms with Crippen molar-refractivity contribution in [3.63, 3.8) is 0 Å². The molecule has 1 unspecified atom stereocenters. The molecule has 0 aromatic heterocycles. The molecule has 7 nitrogen and oxygen atoms in total. The van der Waals surface area contributed by atoms with Gasteiger partial charge in [0.05, 0.1) is 25.8 Å². The summed E-state index contributed by atoms with van der Waals surface area (Å²) in [6.45, 7) is 14.0. The lowest BCUT2D eigenvalue weighted by Gasteiger charge is -2.37. The van der Waals surface area contributed by atoms with Crippen LogP contribution >= 0.6 is 0 Å². The summed E-state index contributed by atoms with van der Waals surface area (Å²) < 4.78 is 5.56. The smallest absolute Gasteiger partial charge is 0.219 e. The van der Waals surface area contributed by atoms with E-state index in [1.54, 1.807) is 6.92 Å². The molecule has 7 heteroatoms. The van der Waals surface area contributed by atoms with Crippen molar-refractivity contribution < 1.29 is 9.53 Å². The van der Waals surface area contributed by atoms with Gasteiger partial charge in [-0.15, -0.1) is 0 Å². The van der Waals surface area contributed by atoms with Crippen molar-refractivity contribution in [3.05, 3.63) is 35.4 Å². The van der Waals surface area contributed by atoms with Crippen LogP contribution in [0.5, 0.6) is 0 Å². The van der Waals surface area contributed by atoms with Gasteiger partial charge in [0.1, 0.15) is 0 Å². The van der Waals surface area contributed by atoms with E-state index in [1.165, 1.54) is 11.1 Å². The van der Waals surface area contributed by atoms with E-state index < -0.39 is 0 Å². The highest BCUT2D eigenvalue weighted by molar-refractivity contribution is 5.80. The van der Waals surface area contributed by atoms with Crippen LogP contribution < -0.4 is 5.32 Å². The maximum absolute atomic E-state index is 11.6. The first-order valence-electron chi connectivity index (χ1n) is 10.8. The maximum atomic E-state index is 11.6. The Morgan fingerprint density at radius 1 is 1.07 bits per heavy atom. The molecule has 2 aliphatic heterocycles. The van der Waals surface area contributed by atoms with Crippen LogP contribution in [-0.2, 0) is 9.53 Å². The van der Waals surface area contributed by atoms with Gasteiger partial charge in [-0.1, -0.05) is 29.8 Å². The highest BCUT2D eigenvalue weighted by Gasteiger charge is 2.24. The number of piperazine rings is 1. The number of nitrogens with zero attached hydrogens (tertiary/aromatic N) is 4. The van der Waals surface area contributed by atoms with Crippen molar-refractivity contribution in [2.75, 3.05) is 65.6 Å². The number of guanidine groups is 1. The van der Waals surface area contributed by atoms with Crippen LogP contribution in [0.1, 0.15) is 31.0 Å². The second kappa shape index (κ2) is 10.6. The van der Waals surface area contributed by atoms with Crippen molar-refractivity contribution in [1.29, 1.82) is 0 Å². The molecule has 2 saturated heterocycles. The van der Waals surface area contributed by atoms with Crippen LogP contribution in [0, 0.1) is 6.92 Å². The summed E-state index contributed by atoms with van der Waals surface area (Å²) >= 11 is 0. The number of aryl methyl sites for hydroxylation is 1. The number of hydrogen-bond acceptors (Lipinski definition) is 4. The monoisotopic (exact) mass is 401 g/mol. The van der Waals surface area contributed by atoms with Gasteiger partial charge < -0.3 is 19.9 Å². The standard InChI is InChI=1S/C22H35N5O2/c1-4-23-22(27-11-9-25(10-12-27)19(3)28)24-17-21(26-13-15-29-16-14-26)20-7-5-18(2)6-8-20/h5-8,21H,4,9-17H2,1-3H3,(H,23,24). The van der Waals surface area contributed by atoms with E-state index in [0.717, 1.165) is 65.0 Å². The van der Waals surface area contributed by atoms with Gasteiger partial charge in [-0.05, 0) is 19.4 Å². The predicted molar refractivity (Wildman–Crippen MR) is 116 cm³/mol. The van der Waals surface area contributed by atoms with E-state index >= 15 is 0 Å². The molecule has 1 atom stereocenters. The molecule has 1 aromatic carbocycles. The first-order valence-corrected chi connectivity index (χ1v) is 10.8. The summed E-state index contributed by atoms with van der Waals surface area (Å²) in [5, 5.41) is 3.44. The molecule has 2 aliphatic rings. The molecule has 29 heavy (non-hydrogen) atoms. The van der Waals surface area contributed by atoms with Gasteiger partial charge in [0.15, 0.2) is 5.96 Å². The Morgan fingerprint density at radius 2 is 1.69 bits per heavy atom. The van der Waals surface area contributed by atoms with Gasteiger partial charge in [0, 0.05) is 52.7 Å². The Labute approximate surface area is 174 Å². The summed E-state index contributed by atoms with van der Waals surface area (Å²) in [5.41, 5.74) is 2.58. The highest BCUT2D eigenvalue weighted by Crippen LogP contribution is 2.23. The number of benzene rings is 1. The molecule has 160 valence electrons. The molecule has 2 heterocycles. The van der Waals surface area contributed by atoms with Crippen LogP contribution in [0.2, 0.25) is 0 Å². The third-order valence-corrected chi connectivity index (χ3v) is 5.72. The lowest BCUT2D eigenvalue weighted by Crippen LogP contribution is -2.53. The van der Waals surface area contributed by atoms with E-state index in [0.29, 0.717) is 6.54 Å². The summed E-state index contributed by atoms with van der Waals surface area (Å²) in [5.74, 6) is 1.10. The van der Waals surface area contributed by atoms with Crippen LogP contribution in [-0.4, -0.2) is 92.1 Å². The number of hydrogen-bond donors (Lipinski definition) is 1. The fourth-order valence-electron chi connectivity index (χ4n) is 3.94. The molecule has 0 saturated carbocycles. The third-order valence-electron chi connectivity index (χ3n) is 5.72. The van der Waals surface area contributed by atoms with Crippen molar-refractivity contribution in [2.45, 2.75) is 26.8 Å². The molecule has 1 aromatic rings. The number of amides is 1. The van der Waals surface area contributed by atoms with Gasteiger partial charge in [0.2, 0.25) is 5.91 Å². The number of nitrogens with one attached hydrogen (secondary N) is 1. The Kier molecular flexibility index (Phi) is 7.89. The molecule has 2 fully saturated rings. The average Bonchev–Trinajstić information content (AvgIpc) is 2.75. The Hall–Kier alpha value is -2.12. The molecule has 0 spiro atoms. The molecule has 0 radical (unpaired) electrons. The second-order valence-corrected chi connectivity index (χ2v) is 7.76. The Bertz CT molecular complexity index is 677. The SMILES string of the molecule is CCNC(=NCC(c1ccc(C)cc1)N1CCOCC1)N1CCN(C(C)=O)CC1. The zero-order chi connectivity index (χ0) is 20.6. The lowest BCUT2D eigenvalue weighted by molar-refractivity contribution is -0.130. The van der Waals surface area contributed by atoms with E-state index in [1.807, 2.05) is 4.90 Å². The number of carbonyl (C=O) groups excluding carboxylic acids is 1. The number of ether oxygens (including phenoxy) is 1. The quantitative estimate of drug-likeness (QED) is 0.599. The first-order chi connectivity index (χ1) is 14.1. The van der Waals surface area contributed by atoms with Crippen molar-refractivity contribution >= 4 is 11.9 Å². The zero-order valence-corrected chi connectivity index (χ0v) is 18.1. The summed E-state index contributed by atoms with van der Waals surface area (Å²) in [6, 6.07) is 9.05. The number of morpholine rings is 1. The van der Waals surface area contributed by atoms with Crippen LogP contribution in [0.25, 0.3) is 0 Å². The summed E-state index contributed by atoms with van der Waals surface area (Å²) in [4.78, 5) is 23.3.